The average Bonchev–Trinajstić information content (AvgIpc) is 3.67. The van der Waals surface area contributed by atoms with Crippen molar-refractivity contribution >= 4 is 42.4 Å². The van der Waals surface area contributed by atoms with Crippen LogP contribution in [0.2, 0.25) is 5.04 Å². The van der Waals surface area contributed by atoms with E-state index in [1.165, 1.54) is 132 Å². The Morgan fingerprint density at radius 1 is 0.592 bits per heavy atom. The van der Waals surface area contributed by atoms with Gasteiger partial charge in [-0.2, -0.15) is 11.8 Å². The number of carbonyl (C=O) groups excluding carboxylic acids is 2. The number of unbranched alkanes of at least 4 members (excludes halogenated alkanes) is 16. The summed E-state index contributed by atoms with van der Waals surface area (Å²) in [5.41, 5.74) is 0. The topological polar surface area (TPSA) is 73.9 Å². The highest BCUT2D eigenvalue weighted by Gasteiger charge is 2.50. The molecule has 2 aromatic carbocycles. The minimum atomic E-state index is -2.54. The summed E-state index contributed by atoms with van der Waals surface area (Å²) in [5.74, 6) is 2.40. The number of rotatable bonds is 43. The summed E-state index contributed by atoms with van der Waals surface area (Å²) in [6, 6.07) is 22.5. The van der Waals surface area contributed by atoms with E-state index in [1.807, 2.05) is 11.8 Å². The maximum atomic E-state index is 13.3. The lowest BCUT2D eigenvalue weighted by Gasteiger charge is -2.43. The minimum Gasteiger partial charge on any atom is -0.465 e. The van der Waals surface area contributed by atoms with Crippen LogP contribution in [0.25, 0.3) is 0 Å². The zero-order valence-electron chi connectivity index (χ0n) is 46.9. The first kappa shape index (κ1) is 63.2. The SMILES string of the molecule is CCCCCCCCC(CCCCCC)C(=O)OCCCCCC(CCCCCSCC(CCCCCC)OC(=O)C1CCCCCC1)NCCCCO[Si](c1ccccc1)(c1ccccc1)C(C)(C)C. The molecule has 1 saturated carbocycles. The molecule has 71 heavy (non-hydrogen) atoms. The van der Waals surface area contributed by atoms with Crippen LogP contribution < -0.4 is 15.7 Å². The fourth-order valence-corrected chi connectivity index (χ4v) is 16.6. The van der Waals surface area contributed by atoms with Crippen molar-refractivity contribution < 1.29 is 23.5 Å². The Morgan fingerprint density at radius 3 is 1.66 bits per heavy atom. The van der Waals surface area contributed by atoms with Crippen LogP contribution in [0.15, 0.2) is 60.7 Å². The highest BCUT2D eigenvalue weighted by molar-refractivity contribution is 7.99. The van der Waals surface area contributed by atoms with Crippen LogP contribution in [0.3, 0.4) is 0 Å². The molecule has 3 unspecified atom stereocenters. The molecular weight excluding hydrogens is 911 g/mol. The normalized spacial score (nSPS) is 15.0. The molecular formula is C63H109NO5SSi. The Labute approximate surface area is 443 Å². The van der Waals surface area contributed by atoms with Crippen LogP contribution in [0.5, 0.6) is 0 Å². The van der Waals surface area contributed by atoms with Gasteiger partial charge in [-0.15, -0.1) is 0 Å². The van der Waals surface area contributed by atoms with E-state index in [1.54, 1.807) is 0 Å². The molecule has 1 aliphatic rings. The van der Waals surface area contributed by atoms with Gasteiger partial charge >= 0.3 is 11.9 Å². The molecule has 0 bridgehead atoms. The van der Waals surface area contributed by atoms with Gasteiger partial charge < -0.3 is 19.2 Å². The highest BCUT2D eigenvalue weighted by Crippen LogP contribution is 2.37. The maximum Gasteiger partial charge on any atom is 0.309 e. The number of thioether (sulfide) groups is 1. The van der Waals surface area contributed by atoms with Crippen molar-refractivity contribution in [1.82, 2.24) is 5.32 Å². The van der Waals surface area contributed by atoms with Crippen molar-refractivity contribution in [1.29, 1.82) is 0 Å². The molecule has 0 aromatic heterocycles. The van der Waals surface area contributed by atoms with E-state index in [0.717, 1.165) is 115 Å². The average molecular weight is 1020 g/mol. The largest absolute Gasteiger partial charge is 0.465 e. The van der Waals surface area contributed by atoms with Gasteiger partial charge in [0.2, 0.25) is 0 Å². The molecule has 406 valence electrons. The number of hydrogen-bond acceptors (Lipinski definition) is 7. The van der Waals surface area contributed by atoms with Crippen LogP contribution >= 0.6 is 11.8 Å². The van der Waals surface area contributed by atoms with Gasteiger partial charge in [-0.05, 0) is 105 Å². The van der Waals surface area contributed by atoms with Crippen molar-refractivity contribution in [2.24, 2.45) is 11.8 Å². The fourth-order valence-electron chi connectivity index (χ4n) is 10.9. The van der Waals surface area contributed by atoms with E-state index in [9.17, 15) is 9.59 Å². The summed E-state index contributed by atoms with van der Waals surface area (Å²) in [6.45, 7) is 16.2. The van der Waals surface area contributed by atoms with Crippen molar-refractivity contribution in [3.05, 3.63) is 60.7 Å². The smallest absolute Gasteiger partial charge is 0.309 e. The molecule has 0 aliphatic heterocycles. The molecule has 1 aliphatic carbocycles. The second-order valence-electron chi connectivity index (χ2n) is 22.5. The Hall–Kier alpha value is -2.13. The number of ether oxygens (including phenoxy) is 2. The molecule has 0 heterocycles. The molecule has 2 aromatic rings. The van der Waals surface area contributed by atoms with Gasteiger partial charge in [0, 0.05) is 18.4 Å². The number of hydrogen-bond donors (Lipinski definition) is 1. The van der Waals surface area contributed by atoms with Crippen molar-refractivity contribution in [3.63, 3.8) is 0 Å². The third kappa shape index (κ3) is 26.8. The zero-order valence-corrected chi connectivity index (χ0v) is 48.7. The van der Waals surface area contributed by atoms with Crippen LogP contribution in [-0.2, 0) is 23.5 Å². The summed E-state index contributed by atoms with van der Waals surface area (Å²) < 4.78 is 19.5. The quantitative estimate of drug-likeness (QED) is 0.0307. The monoisotopic (exact) mass is 1020 g/mol. The third-order valence-corrected chi connectivity index (χ3v) is 21.5. The lowest BCUT2D eigenvalue weighted by atomic mass is 9.94. The molecule has 1 N–H and O–H groups in total. The van der Waals surface area contributed by atoms with Crippen LogP contribution in [-0.4, -0.2) is 63.7 Å². The molecule has 1 fully saturated rings. The minimum absolute atomic E-state index is 0.0176. The van der Waals surface area contributed by atoms with Crippen molar-refractivity contribution in [2.75, 3.05) is 31.3 Å². The third-order valence-electron chi connectivity index (χ3n) is 15.3. The van der Waals surface area contributed by atoms with Gasteiger partial charge in [0.1, 0.15) is 6.10 Å². The zero-order chi connectivity index (χ0) is 51.1. The predicted octanol–water partition coefficient (Wildman–Crippen LogP) is 16.9. The van der Waals surface area contributed by atoms with E-state index in [0.29, 0.717) is 12.6 Å². The molecule has 3 atom stereocenters. The second kappa shape index (κ2) is 40.2. The molecule has 6 nitrogen and oxygen atoms in total. The maximum absolute atomic E-state index is 13.3. The van der Waals surface area contributed by atoms with Gasteiger partial charge in [-0.1, -0.05) is 237 Å². The van der Waals surface area contributed by atoms with E-state index in [-0.39, 0.29) is 34.9 Å². The number of carbonyl (C=O) groups is 2. The molecule has 0 spiro atoms. The Bertz CT molecular complexity index is 1520. The van der Waals surface area contributed by atoms with Gasteiger partial charge in [0.15, 0.2) is 0 Å². The van der Waals surface area contributed by atoms with E-state index in [2.05, 4.69) is 108 Å². The van der Waals surface area contributed by atoms with Gasteiger partial charge in [-0.3, -0.25) is 9.59 Å². The first-order valence-corrected chi connectivity index (χ1v) is 33.2. The van der Waals surface area contributed by atoms with Gasteiger partial charge in [0.25, 0.3) is 8.32 Å². The molecule has 0 amide bonds. The Balaban J connectivity index is 1.51. The first-order valence-electron chi connectivity index (χ1n) is 30.1. The first-order chi connectivity index (χ1) is 34.7. The van der Waals surface area contributed by atoms with Crippen molar-refractivity contribution in [2.45, 2.75) is 271 Å². The molecule has 8 heteroatoms. The van der Waals surface area contributed by atoms with Crippen LogP contribution in [0, 0.1) is 11.8 Å². The second-order valence-corrected chi connectivity index (χ2v) is 28.0. The molecule has 0 saturated heterocycles. The Kier molecular flexibility index (Phi) is 35.8. The molecule has 3 rings (SSSR count). The molecule has 0 radical (unpaired) electrons. The predicted molar refractivity (Wildman–Crippen MR) is 310 cm³/mol. The lowest BCUT2D eigenvalue weighted by Crippen LogP contribution is -2.66. The van der Waals surface area contributed by atoms with Crippen LogP contribution in [0.1, 0.15) is 253 Å². The van der Waals surface area contributed by atoms with E-state index >= 15 is 0 Å². The van der Waals surface area contributed by atoms with Crippen LogP contribution in [0.4, 0.5) is 0 Å². The fraction of sp³-hybridized carbons (Fsp3) is 0.778. The van der Waals surface area contributed by atoms with Crippen molar-refractivity contribution in [3.8, 4) is 0 Å². The lowest BCUT2D eigenvalue weighted by molar-refractivity contribution is -0.154. The highest BCUT2D eigenvalue weighted by atomic mass is 32.2. The summed E-state index contributed by atoms with van der Waals surface area (Å²) in [4.78, 5) is 26.5. The van der Waals surface area contributed by atoms with E-state index < -0.39 is 8.32 Å². The number of benzene rings is 2. The van der Waals surface area contributed by atoms with E-state index in [4.69, 9.17) is 13.9 Å². The van der Waals surface area contributed by atoms with Gasteiger partial charge in [0.05, 0.1) is 18.4 Å². The Morgan fingerprint density at radius 2 is 1.08 bits per heavy atom. The summed E-state index contributed by atoms with van der Waals surface area (Å²) in [5, 5.41) is 6.68. The number of esters is 2. The summed E-state index contributed by atoms with van der Waals surface area (Å²) in [7, 11) is -2.54. The number of nitrogens with one attached hydrogen (secondary N) is 1. The summed E-state index contributed by atoms with van der Waals surface area (Å²) in [6.07, 6.45) is 38.5. The standard InChI is InChI=1S/C63H109NO5SSi/c1-7-10-13-16-17-25-40-55(39-24-14-11-8-2)61(65)67-51-36-22-28-43-57(44-29-23-38-53-70-54-58(45-30-15-12-9-3)69-62(66)56-41-26-18-19-27-42-56)64-50-35-37-52-68-71(63(4,5)6,59-46-31-20-32-47-59)60-48-33-21-34-49-60/h20-21,31-34,46-49,55-58,64H,7-19,22-30,35-45,50-54H2,1-6H3. The van der Waals surface area contributed by atoms with Gasteiger partial charge in [-0.25, -0.2) is 0 Å². The summed E-state index contributed by atoms with van der Waals surface area (Å²) >= 11 is 2.00.